The highest BCUT2D eigenvalue weighted by atomic mass is 32.2. The van der Waals surface area contributed by atoms with Gasteiger partial charge in [0.05, 0.1) is 28.3 Å². The van der Waals surface area contributed by atoms with Crippen molar-refractivity contribution in [2.24, 2.45) is 0 Å². The van der Waals surface area contributed by atoms with Gasteiger partial charge < -0.3 is 4.90 Å². The second-order valence-corrected chi connectivity index (χ2v) is 9.91. The Morgan fingerprint density at radius 1 is 1.00 bits per heavy atom. The maximum atomic E-state index is 12.7. The molecule has 0 saturated heterocycles. The van der Waals surface area contributed by atoms with Gasteiger partial charge in [-0.1, -0.05) is 24.3 Å². The molecule has 0 spiro atoms. The molecule has 0 aliphatic carbocycles. The summed E-state index contributed by atoms with van der Waals surface area (Å²) in [6.45, 7) is 0.686. The van der Waals surface area contributed by atoms with Gasteiger partial charge in [0, 0.05) is 11.9 Å². The number of fused-ring (bicyclic) bond motifs is 1. The van der Waals surface area contributed by atoms with Gasteiger partial charge in [0.15, 0.2) is 5.13 Å². The van der Waals surface area contributed by atoms with Gasteiger partial charge in [0.1, 0.15) is 0 Å². The van der Waals surface area contributed by atoms with Gasteiger partial charge in [0.25, 0.3) is 21.8 Å². The molecule has 0 atom stereocenters. The molecule has 1 aliphatic heterocycles. The maximum absolute atomic E-state index is 12.7. The summed E-state index contributed by atoms with van der Waals surface area (Å²) in [6, 6.07) is 12.8. The molecule has 0 saturated carbocycles. The molecule has 0 radical (unpaired) electrons. The average Bonchev–Trinajstić information content (AvgIpc) is 3.25. The van der Waals surface area contributed by atoms with E-state index in [1.165, 1.54) is 23.5 Å². The fraction of sp³-hybridized carbons (Fsp3) is 0.190. The molecule has 2 heterocycles. The summed E-state index contributed by atoms with van der Waals surface area (Å²) in [6.07, 6.45) is 0. The van der Waals surface area contributed by atoms with Crippen molar-refractivity contribution < 1.29 is 18.0 Å². The molecule has 1 aliphatic rings. The molecular weight excluding hydrogens is 436 g/mol. The number of benzene rings is 2. The number of nitrogens with zero attached hydrogens (tertiary/aromatic N) is 3. The highest BCUT2D eigenvalue weighted by Crippen LogP contribution is 2.25. The first-order valence-corrected chi connectivity index (χ1v) is 11.8. The largest absolute Gasteiger partial charge is 0.304 e. The van der Waals surface area contributed by atoms with E-state index >= 15 is 0 Å². The Morgan fingerprint density at radius 3 is 2.19 bits per heavy atom. The fourth-order valence-electron chi connectivity index (χ4n) is 3.26. The van der Waals surface area contributed by atoms with E-state index in [0.717, 1.165) is 10.6 Å². The number of rotatable bonds is 7. The number of amides is 2. The minimum Gasteiger partial charge on any atom is -0.304 e. The molecule has 8 nitrogen and oxygen atoms in total. The summed E-state index contributed by atoms with van der Waals surface area (Å²) in [7, 11) is 0.0180. The van der Waals surface area contributed by atoms with Gasteiger partial charge >= 0.3 is 0 Å². The standard InChI is InChI=1S/C21H20N4O4S2/c1-24(2)12-15-13-30-21(22-15)23-31(28,29)16-9-7-14(8-10-16)11-25-19(26)17-5-3-4-6-18(17)20(25)27/h3-10,13H,11-12H2,1-2H3,(H,22,23). The van der Waals surface area contributed by atoms with Crippen molar-refractivity contribution in [2.45, 2.75) is 18.0 Å². The van der Waals surface area contributed by atoms with Crippen LogP contribution in [0.2, 0.25) is 0 Å². The van der Waals surface area contributed by atoms with Crippen LogP contribution < -0.4 is 4.72 Å². The van der Waals surface area contributed by atoms with Gasteiger partial charge in [0.2, 0.25) is 0 Å². The lowest BCUT2D eigenvalue weighted by Crippen LogP contribution is -2.29. The molecule has 3 aromatic rings. The second kappa shape index (κ2) is 8.22. The van der Waals surface area contributed by atoms with E-state index in [0.29, 0.717) is 28.4 Å². The third-order valence-electron chi connectivity index (χ3n) is 4.70. The Morgan fingerprint density at radius 2 is 1.61 bits per heavy atom. The predicted octanol–water partition coefficient (Wildman–Crippen LogP) is 2.80. The van der Waals surface area contributed by atoms with Gasteiger partial charge in [-0.3, -0.25) is 19.2 Å². The van der Waals surface area contributed by atoms with Crippen molar-refractivity contribution in [2.75, 3.05) is 18.8 Å². The van der Waals surface area contributed by atoms with Gasteiger partial charge in [-0.25, -0.2) is 13.4 Å². The van der Waals surface area contributed by atoms with Crippen LogP contribution in [0.4, 0.5) is 5.13 Å². The lowest BCUT2D eigenvalue weighted by molar-refractivity contribution is 0.0642. The van der Waals surface area contributed by atoms with Crippen LogP contribution in [0.1, 0.15) is 32.0 Å². The first-order chi connectivity index (χ1) is 14.7. The lowest BCUT2D eigenvalue weighted by Gasteiger charge is -2.14. The zero-order valence-corrected chi connectivity index (χ0v) is 18.5. The highest BCUT2D eigenvalue weighted by molar-refractivity contribution is 7.93. The molecule has 1 aromatic heterocycles. The van der Waals surface area contributed by atoms with E-state index in [1.807, 2.05) is 24.4 Å². The summed E-state index contributed by atoms with van der Waals surface area (Å²) in [5.74, 6) is -0.701. The highest BCUT2D eigenvalue weighted by Gasteiger charge is 2.35. The SMILES string of the molecule is CN(C)Cc1csc(NS(=O)(=O)c2ccc(CN3C(=O)c4ccccc4C3=O)cc2)n1. The first-order valence-electron chi connectivity index (χ1n) is 9.41. The summed E-state index contributed by atoms with van der Waals surface area (Å²) < 4.78 is 27.8. The number of carbonyl (C=O) groups is 2. The Hall–Kier alpha value is -3.08. The molecule has 0 bridgehead atoms. The molecular formula is C21H20N4O4S2. The van der Waals surface area contributed by atoms with E-state index in [9.17, 15) is 18.0 Å². The number of hydrogen-bond acceptors (Lipinski definition) is 7. The quantitative estimate of drug-likeness (QED) is 0.549. The Bertz CT molecular complexity index is 1220. The van der Waals surface area contributed by atoms with Crippen molar-refractivity contribution in [3.05, 3.63) is 76.3 Å². The zero-order chi connectivity index (χ0) is 22.2. The third-order valence-corrected chi connectivity index (χ3v) is 6.99. The van der Waals surface area contributed by atoms with E-state index < -0.39 is 10.0 Å². The van der Waals surface area contributed by atoms with Crippen LogP contribution in [-0.2, 0) is 23.1 Å². The van der Waals surface area contributed by atoms with Crippen LogP contribution in [0.25, 0.3) is 0 Å². The van der Waals surface area contributed by atoms with Crippen molar-refractivity contribution in [3.63, 3.8) is 0 Å². The first kappa shape index (κ1) is 21.2. The molecule has 10 heteroatoms. The van der Waals surface area contributed by atoms with Crippen molar-refractivity contribution in [3.8, 4) is 0 Å². The number of carbonyl (C=O) groups excluding carboxylic acids is 2. The number of aromatic nitrogens is 1. The van der Waals surface area contributed by atoms with Crippen LogP contribution >= 0.6 is 11.3 Å². The van der Waals surface area contributed by atoms with Crippen molar-refractivity contribution in [1.82, 2.24) is 14.8 Å². The van der Waals surface area contributed by atoms with E-state index in [4.69, 9.17) is 0 Å². The molecule has 4 rings (SSSR count). The number of imide groups is 1. The second-order valence-electron chi connectivity index (χ2n) is 7.37. The van der Waals surface area contributed by atoms with Crippen LogP contribution in [-0.4, -0.2) is 49.1 Å². The van der Waals surface area contributed by atoms with E-state index in [1.54, 1.807) is 36.4 Å². The normalized spacial score (nSPS) is 13.7. The van der Waals surface area contributed by atoms with Crippen LogP contribution in [0, 0.1) is 0 Å². The molecule has 2 aromatic carbocycles. The number of hydrogen-bond donors (Lipinski definition) is 1. The van der Waals surface area contributed by atoms with Crippen molar-refractivity contribution in [1.29, 1.82) is 0 Å². The topological polar surface area (TPSA) is 99.7 Å². The third kappa shape index (κ3) is 4.36. The number of sulfonamides is 1. The average molecular weight is 457 g/mol. The van der Waals surface area contributed by atoms with Crippen LogP contribution in [0.5, 0.6) is 0 Å². The minimum absolute atomic E-state index is 0.0699. The van der Waals surface area contributed by atoms with E-state index in [-0.39, 0.29) is 23.3 Å². The van der Waals surface area contributed by atoms with Crippen LogP contribution in [0.15, 0.2) is 58.8 Å². The summed E-state index contributed by atoms with van der Waals surface area (Å²) in [5.41, 5.74) is 2.20. The van der Waals surface area contributed by atoms with Crippen molar-refractivity contribution >= 4 is 38.3 Å². The fourth-order valence-corrected chi connectivity index (χ4v) is 5.22. The van der Waals surface area contributed by atoms with Gasteiger partial charge in [-0.05, 0) is 43.9 Å². The summed E-state index contributed by atoms with van der Waals surface area (Å²) >= 11 is 1.22. The summed E-state index contributed by atoms with van der Waals surface area (Å²) in [5, 5.41) is 2.11. The lowest BCUT2D eigenvalue weighted by atomic mass is 10.1. The molecule has 0 unspecified atom stereocenters. The van der Waals surface area contributed by atoms with Gasteiger partial charge in [-0.2, -0.15) is 0 Å². The molecule has 2 amide bonds. The minimum atomic E-state index is -3.80. The predicted molar refractivity (Wildman–Crippen MR) is 117 cm³/mol. The monoisotopic (exact) mass is 456 g/mol. The smallest absolute Gasteiger partial charge is 0.263 e. The summed E-state index contributed by atoms with van der Waals surface area (Å²) in [4.78, 5) is 32.5. The number of anilines is 1. The van der Waals surface area contributed by atoms with Crippen LogP contribution in [0.3, 0.4) is 0 Å². The van der Waals surface area contributed by atoms with Gasteiger partial charge in [-0.15, -0.1) is 11.3 Å². The Labute approximate surface area is 184 Å². The maximum Gasteiger partial charge on any atom is 0.263 e. The number of thiazole rings is 1. The Balaban J connectivity index is 1.46. The zero-order valence-electron chi connectivity index (χ0n) is 16.9. The molecule has 31 heavy (non-hydrogen) atoms. The molecule has 1 N–H and O–H groups in total. The molecule has 160 valence electrons. The Kier molecular flexibility index (Phi) is 5.61. The van der Waals surface area contributed by atoms with E-state index in [2.05, 4.69) is 9.71 Å². The molecule has 0 fully saturated rings. The number of nitrogens with one attached hydrogen (secondary N) is 1.